The van der Waals surface area contributed by atoms with Gasteiger partial charge in [-0.15, -0.1) is 11.3 Å². The summed E-state index contributed by atoms with van der Waals surface area (Å²) in [4.78, 5) is 16.6. The van der Waals surface area contributed by atoms with Crippen LogP contribution >= 0.6 is 11.3 Å². The van der Waals surface area contributed by atoms with Crippen LogP contribution in [0.25, 0.3) is 11.3 Å². The normalized spacial score (nSPS) is 10.8. The van der Waals surface area contributed by atoms with E-state index >= 15 is 0 Å². The van der Waals surface area contributed by atoms with E-state index in [1.807, 2.05) is 35.7 Å². The molecule has 4 aromatic rings. The number of furan rings is 1. The summed E-state index contributed by atoms with van der Waals surface area (Å²) in [6.07, 6.45) is 3.04. The molecule has 0 aliphatic rings. The van der Waals surface area contributed by atoms with Gasteiger partial charge in [0.25, 0.3) is 0 Å². The fraction of sp³-hybridized carbons (Fsp3) is 0.0455. The fourth-order valence-corrected chi connectivity index (χ4v) is 3.29. The molecule has 8 heteroatoms. The molecule has 0 saturated heterocycles. The Hall–Kier alpha value is -3.91. The number of benzene rings is 2. The Balaban J connectivity index is 1.41. The highest BCUT2D eigenvalue weighted by molar-refractivity contribution is 7.14. The first-order valence-electron chi connectivity index (χ1n) is 8.96. The molecular weight excluding hydrogens is 402 g/mol. The van der Waals surface area contributed by atoms with E-state index in [9.17, 15) is 4.79 Å². The van der Waals surface area contributed by atoms with E-state index in [1.165, 1.54) is 30.8 Å². The van der Waals surface area contributed by atoms with Gasteiger partial charge in [-0.1, -0.05) is 30.3 Å². The number of carbonyl (C=O) groups is 1. The second kappa shape index (κ2) is 9.06. The standard InChI is InChI=1S/C22H17N3O4S/c1-27-20-12-15(9-10-18(20)29-21(26)19-8-5-11-28-19)13-23-25-22-24-17(14-30-22)16-6-3-2-4-7-16/h2-14H,1H3,(H,24,25). The van der Waals surface area contributed by atoms with E-state index < -0.39 is 5.97 Å². The summed E-state index contributed by atoms with van der Waals surface area (Å²) in [6, 6.07) is 18.2. The maximum absolute atomic E-state index is 12.0. The van der Waals surface area contributed by atoms with Crippen LogP contribution in [0.1, 0.15) is 16.1 Å². The molecule has 2 aromatic carbocycles. The van der Waals surface area contributed by atoms with Crippen molar-refractivity contribution in [2.75, 3.05) is 12.5 Å². The molecule has 0 spiro atoms. The van der Waals surface area contributed by atoms with Crippen molar-refractivity contribution < 1.29 is 18.7 Å². The molecule has 0 fully saturated rings. The van der Waals surface area contributed by atoms with Crippen LogP contribution in [0.3, 0.4) is 0 Å². The van der Waals surface area contributed by atoms with Crippen molar-refractivity contribution in [2.24, 2.45) is 5.10 Å². The lowest BCUT2D eigenvalue weighted by molar-refractivity contribution is 0.0696. The van der Waals surface area contributed by atoms with E-state index in [2.05, 4.69) is 15.5 Å². The highest BCUT2D eigenvalue weighted by atomic mass is 32.1. The van der Waals surface area contributed by atoms with Gasteiger partial charge in [-0.05, 0) is 35.9 Å². The zero-order valence-electron chi connectivity index (χ0n) is 15.9. The SMILES string of the molecule is COc1cc(C=NNc2nc(-c3ccccc3)cs2)ccc1OC(=O)c1ccco1. The summed E-state index contributed by atoms with van der Waals surface area (Å²) < 4.78 is 15.7. The third-order valence-electron chi connectivity index (χ3n) is 4.06. The Morgan fingerprint density at radius 3 is 2.77 bits per heavy atom. The molecule has 7 nitrogen and oxygen atoms in total. The van der Waals surface area contributed by atoms with E-state index in [0.717, 1.165) is 16.8 Å². The number of nitrogens with one attached hydrogen (secondary N) is 1. The summed E-state index contributed by atoms with van der Waals surface area (Å²) >= 11 is 1.47. The Morgan fingerprint density at radius 2 is 2.00 bits per heavy atom. The minimum absolute atomic E-state index is 0.116. The number of carbonyl (C=O) groups excluding carboxylic acids is 1. The molecule has 0 radical (unpaired) electrons. The number of hydrogen-bond acceptors (Lipinski definition) is 8. The first-order chi connectivity index (χ1) is 14.7. The number of methoxy groups -OCH3 is 1. The van der Waals surface area contributed by atoms with Crippen LogP contribution in [-0.4, -0.2) is 24.3 Å². The van der Waals surface area contributed by atoms with Crippen molar-refractivity contribution in [2.45, 2.75) is 0 Å². The van der Waals surface area contributed by atoms with Gasteiger partial charge in [-0.3, -0.25) is 5.43 Å². The van der Waals surface area contributed by atoms with Gasteiger partial charge >= 0.3 is 5.97 Å². The summed E-state index contributed by atoms with van der Waals surface area (Å²) in [5, 5.41) is 6.87. The lowest BCUT2D eigenvalue weighted by atomic mass is 10.2. The van der Waals surface area contributed by atoms with Crippen LogP contribution in [-0.2, 0) is 0 Å². The van der Waals surface area contributed by atoms with Crippen LogP contribution in [0.5, 0.6) is 11.5 Å². The Kier molecular flexibility index (Phi) is 5.86. The number of aromatic nitrogens is 1. The molecule has 0 amide bonds. The van der Waals surface area contributed by atoms with Crippen molar-refractivity contribution >= 4 is 28.7 Å². The molecule has 4 rings (SSSR count). The van der Waals surface area contributed by atoms with E-state index in [-0.39, 0.29) is 11.5 Å². The molecule has 0 aliphatic carbocycles. The largest absolute Gasteiger partial charge is 0.493 e. The monoisotopic (exact) mass is 419 g/mol. The molecule has 0 bridgehead atoms. The molecule has 0 atom stereocenters. The number of hydrazone groups is 1. The molecule has 30 heavy (non-hydrogen) atoms. The topological polar surface area (TPSA) is 86.0 Å². The minimum atomic E-state index is -0.598. The van der Waals surface area contributed by atoms with E-state index in [4.69, 9.17) is 13.9 Å². The smallest absolute Gasteiger partial charge is 0.379 e. The molecule has 0 unspecified atom stereocenters. The highest BCUT2D eigenvalue weighted by Gasteiger charge is 2.14. The lowest BCUT2D eigenvalue weighted by Crippen LogP contribution is -2.08. The van der Waals surface area contributed by atoms with Gasteiger partial charge in [-0.2, -0.15) is 5.10 Å². The average molecular weight is 419 g/mol. The number of nitrogens with zero attached hydrogens (tertiary/aromatic N) is 2. The maximum Gasteiger partial charge on any atom is 0.379 e. The fourth-order valence-electron chi connectivity index (χ4n) is 2.62. The van der Waals surface area contributed by atoms with Crippen molar-refractivity contribution in [3.63, 3.8) is 0 Å². The van der Waals surface area contributed by atoms with Gasteiger partial charge in [0.05, 0.1) is 25.3 Å². The lowest BCUT2D eigenvalue weighted by Gasteiger charge is -2.08. The first kappa shape index (κ1) is 19.4. The van der Waals surface area contributed by atoms with Crippen LogP contribution < -0.4 is 14.9 Å². The number of hydrogen-bond donors (Lipinski definition) is 1. The van der Waals surface area contributed by atoms with Gasteiger partial charge in [0, 0.05) is 10.9 Å². The van der Waals surface area contributed by atoms with Crippen molar-refractivity contribution in [3.05, 3.63) is 83.6 Å². The maximum atomic E-state index is 12.0. The molecule has 0 aliphatic heterocycles. The second-order valence-corrected chi connectivity index (χ2v) is 6.91. The third-order valence-corrected chi connectivity index (χ3v) is 4.81. The summed E-state index contributed by atoms with van der Waals surface area (Å²) in [5.74, 6) is 0.209. The van der Waals surface area contributed by atoms with Crippen LogP contribution in [0.2, 0.25) is 0 Å². The van der Waals surface area contributed by atoms with E-state index in [1.54, 1.807) is 30.5 Å². The number of thiazole rings is 1. The van der Waals surface area contributed by atoms with Crippen LogP contribution in [0.4, 0.5) is 5.13 Å². The third kappa shape index (κ3) is 4.56. The number of esters is 1. The predicted molar refractivity (Wildman–Crippen MR) is 115 cm³/mol. The summed E-state index contributed by atoms with van der Waals surface area (Å²) in [7, 11) is 1.50. The minimum Gasteiger partial charge on any atom is -0.493 e. The first-order valence-corrected chi connectivity index (χ1v) is 9.84. The quantitative estimate of drug-likeness (QED) is 0.195. The number of anilines is 1. The molecular formula is C22H17N3O4S. The van der Waals surface area contributed by atoms with E-state index in [0.29, 0.717) is 10.9 Å². The zero-order chi connectivity index (χ0) is 20.8. The van der Waals surface area contributed by atoms with Gasteiger partial charge in [0.15, 0.2) is 11.5 Å². The zero-order valence-corrected chi connectivity index (χ0v) is 16.8. The average Bonchev–Trinajstić information content (AvgIpc) is 3.48. The Labute approximate surface area is 176 Å². The number of rotatable bonds is 7. The molecule has 2 heterocycles. The summed E-state index contributed by atoms with van der Waals surface area (Å²) in [5.41, 5.74) is 5.63. The second-order valence-electron chi connectivity index (χ2n) is 6.05. The van der Waals surface area contributed by atoms with Gasteiger partial charge in [0.2, 0.25) is 10.9 Å². The van der Waals surface area contributed by atoms with Gasteiger partial charge < -0.3 is 13.9 Å². The van der Waals surface area contributed by atoms with Crippen molar-refractivity contribution in [1.82, 2.24) is 4.98 Å². The van der Waals surface area contributed by atoms with Crippen molar-refractivity contribution in [1.29, 1.82) is 0 Å². The summed E-state index contributed by atoms with van der Waals surface area (Å²) in [6.45, 7) is 0. The Morgan fingerprint density at radius 1 is 1.13 bits per heavy atom. The number of ether oxygens (including phenoxy) is 2. The highest BCUT2D eigenvalue weighted by Crippen LogP contribution is 2.29. The predicted octanol–water partition coefficient (Wildman–Crippen LogP) is 5.08. The van der Waals surface area contributed by atoms with Crippen LogP contribution in [0, 0.1) is 0 Å². The van der Waals surface area contributed by atoms with Crippen molar-refractivity contribution in [3.8, 4) is 22.8 Å². The van der Waals surface area contributed by atoms with Gasteiger partial charge in [0.1, 0.15) is 0 Å². The molecule has 0 saturated carbocycles. The molecule has 2 aromatic heterocycles. The molecule has 1 N–H and O–H groups in total. The molecule has 150 valence electrons. The van der Waals surface area contributed by atoms with Gasteiger partial charge in [-0.25, -0.2) is 9.78 Å². The van der Waals surface area contributed by atoms with Crippen LogP contribution in [0.15, 0.2) is 81.8 Å². The Bertz CT molecular complexity index is 1150.